The normalized spacial score (nSPS) is 14.5. The fourth-order valence-corrected chi connectivity index (χ4v) is 4.87. The quantitative estimate of drug-likeness (QED) is 0.559. The standard InChI is InChI=1S/C23H26FN3O5S/c1-31-22-15-17(16-25)4-9-21(22)32-14-2-3-23(28)27-12-10-19(11-13-27)26-33(29,30)20-7-5-18(24)6-8-20/h4-9,15,19,26H,2-3,10-14H2,1H3. The first kappa shape index (κ1) is 24.5. The summed E-state index contributed by atoms with van der Waals surface area (Å²) in [5.41, 5.74) is 0.470. The predicted molar refractivity (Wildman–Crippen MR) is 119 cm³/mol. The van der Waals surface area contributed by atoms with Gasteiger partial charge in [0.05, 0.1) is 30.2 Å². The van der Waals surface area contributed by atoms with Crippen LogP contribution in [0.3, 0.4) is 0 Å². The second-order valence-electron chi connectivity index (χ2n) is 7.66. The predicted octanol–water partition coefficient (Wildman–Crippen LogP) is 2.83. The molecule has 176 valence electrons. The second kappa shape index (κ2) is 11.1. The van der Waals surface area contributed by atoms with Gasteiger partial charge in [-0.15, -0.1) is 0 Å². The molecule has 10 heteroatoms. The molecule has 0 unspecified atom stereocenters. The molecule has 0 radical (unpaired) electrons. The van der Waals surface area contributed by atoms with Gasteiger partial charge in [-0.25, -0.2) is 17.5 Å². The largest absolute Gasteiger partial charge is 0.493 e. The Kier molecular flexibility index (Phi) is 8.25. The number of nitriles is 1. The molecule has 2 aromatic rings. The average Bonchev–Trinajstić information content (AvgIpc) is 2.82. The monoisotopic (exact) mass is 475 g/mol. The van der Waals surface area contributed by atoms with Crippen molar-refractivity contribution in [1.82, 2.24) is 9.62 Å². The molecule has 0 aliphatic carbocycles. The first-order valence-corrected chi connectivity index (χ1v) is 12.1. The van der Waals surface area contributed by atoms with Crippen molar-refractivity contribution in [1.29, 1.82) is 5.26 Å². The van der Waals surface area contributed by atoms with Crippen LogP contribution in [0.5, 0.6) is 11.5 Å². The molecule has 0 bridgehead atoms. The van der Waals surface area contributed by atoms with Gasteiger partial charge in [-0.1, -0.05) is 0 Å². The van der Waals surface area contributed by atoms with E-state index in [2.05, 4.69) is 4.72 Å². The average molecular weight is 476 g/mol. The zero-order chi connectivity index (χ0) is 23.8. The fraction of sp³-hybridized carbons (Fsp3) is 0.391. The summed E-state index contributed by atoms with van der Waals surface area (Å²) in [7, 11) is -2.24. The van der Waals surface area contributed by atoms with Crippen molar-refractivity contribution < 1.29 is 27.1 Å². The smallest absolute Gasteiger partial charge is 0.240 e. The second-order valence-corrected chi connectivity index (χ2v) is 9.37. The zero-order valence-electron chi connectivity index (χ0n) is 18.3. The highest BCUT2D eigenvalue weighted by Crippen LogP contribution is 2.28. The molecule has 1 aliphatic heterocycles. The van der Waals surface area contributed by atoms with E-state index in [0.29, 0.717) is 62.4 Å². The number of ether oxygens (including phenoxy) is 2. The number of carbonyl (C=O) groups is 1. The van der Waals surface area contributed by atoms with E-state index in [1.54, 1.807) is 23.1 Å². The SMILES string of the molecule is COc1cc(C#N)ccc1OCCCC(=O)N1CCC(NS(=O)(=O)c2ccc(F)cc2)CC1. The zero-order valence-corrected chi connectivity index (χ0v) is 19.1. The number of amides is 1. The third-order valence-electron chi connectivity index (χ3n) is 5.38. The Morgan fingerprint density at radius 1 is 1.18 bits per heavy atom. The molecule has 1 N–H and O–H groups in total. The van der Waals surface area contributed by atoms with Crippen molar-refractivity contribution in [2.75, 3.05) is 26.8 Å². The number of hydrogen-bond donors (Lipinski definition) is 1. The van der Waals surface area contributed by atoms with Crippen molar-refractivity contribution in [2.45, 2.75) is 36.6 Å². The maximum Gasteiger partial charge on any atom is 0.240 e. The maximum absolute atomic E-state index is 13.0. The lowest BCUT2D eigenvalue weighted by Crippen LogP contribution is -2.46. The Balaban J connectivity index is 1.41. The van der Waals surface area contributed by atoms with Gasteiger partial charge in [-0.2, -0.15) is 5.26 Å². The summed E-state index contributed by atoms with van der Waals surface area (Å²) in [6, 6.07) is 11.3. The van der Waals surface area contributed by atoms with Gasteiger partial charge in [0.2, 0.25) is 15.9 Å². The maximum atomic E-state index is 13.0. The summed E-state index contributed by atoms with van der Waals surface area (Å²) < 4.78 is 51.5. The van der Waals surface area contributed by atoms with Crippen molar-refractivity contribution in [3.63, 3.8) is 0 Å². The minimum atomic E-state index is -3.73. The summed E-state index contributed by atoms with van der Waals surface area (Å²) in [4.78, 5) is 14.2. The van der Waals surface area contributed by atoms with E-state index in [1.807, 2.05) is 6.07 Å². The van der Waals surface area contributed by atoms with Gasteiger partial charge in [-0.3, -0.25) is 4.79 Å². The van der Waals surface area contributed by atoms with Crippen LogP contribution in [0.15, 0.2) is 47.4 Å². The lowest BCUT2D eigenvalue weighted by atomic mass is 10.1. The van der Waals surface area contributed by atoms with Crippen LogP contribution < -0.4 is 14.2 Å². The fourth-order valence-electron chi connectivity index (χ4n) is 3.57. The molecular weight excluding hydrogens is 449 g/mol. The number of nitrogens with one attached hydrogen (secondary N) is 1. The number of nitrogens with zero attached hydrogens (tertiary/aromatic N) is 2. The Bertz CT molecular complexity index is 1110. The van der Waals surface area contributed by atoms with E-state index in [9.17, 15) is 17.6 Å². The molecule has 0 spiro atoms. The van der Waals surface area contributed by atoms with Gasteiger partial charge in [0.1, 0.15) is 5.82 Å². The highest BCUT2D eigenvalue weighted by Gasteiger charge is 2.26. The van der Waals surface area contributed by atoms with Crippen LogP contribution in [0, 0.1) is 17.1 Å². The number of methoxy groups -OCH3 is 1. The molecule has 1 heterocycles. The van der Waals surface area contributed by atoms with E-state index >= 15 is 0 Å². The molecule has 2 aromatic carbocycles. The number of carbonyl (C=O) groups excluding carboxylic acids is 1. The molecule has 33 heavy (non-hydrogen) atoms. The van der Waals surface area contributed by atoms with Crippen LogP contribution in [-0.4, -0.2) is 52.1 Å². The van der Waals surface area contributed by atoms with E-state index in [4.69, 9.17) is 14.7 Å². The van der Waals surface area contributed by atoms with Crippen molar-refractivity contribution in [3.8, 4) is 17.6 Å². The molecule has 1 fully saturated rings. The number of piperidine rings is 1. The first-order chi connectivity index (χ1) is 15.8. The Labute approximate surface area is 193 Å². The summed E-state index contributed by atoms with van der Waals surface area (Å²) in [5.74, 6) is 0.469. The Morgan fingerprint density at radius 2 is 1.88 bits per heavy atom. The Hall–Kier alpha value is -3.16. The molecule has 0 atom stereocenters. The number of hydrogen-bond acceptors (Lipinski definition) is 6. The first-order valence-electron chi connectivity index (χ1n) is 10.6. The molecule has 1 aliphatic rings. The number of rotatable bonds is 9. The molecular formula is C23H26FN3O5S. The van der Waals surface area contributed by atoms with Gasteiger partial charge < -0.3 is 14.4 Å². The number of halogens is 1. The van der Waals surface area contributed by atoms with Gasteiger partial charge in [0, 0.05) is 31.6 Å². The van der Waals surface area contributed by atoms with Crippen molar-refractivity contribution in [2.24, 2.45) is 0 Å². The lowest BCUT2D eigenvalue weighted by molar-refractivity contribution is -0.132. The minimum absolute atomic E-state index is 0.00904. The molecule has 0 saturated carbocycles. The highest BCUT2D eigenvalue weighted by atomic mass is 32.2. The molecule has 1 amide bonds. The van der Waals surface area contributed by atoms with Crippen LogP contribution in [0.25, 0.3) is 0 Å². The van der Waals surface area contributed by atoms with E-state index < -0.39 is 15.8 Å². The van der Waals surface area contributed by atoms with Crippen LogP contribution in [0.1, 0.15) is 31.2 Å². The Morgan fingerprint density at radius 3 is 2.52 bits per heavy atom. The summed E-state index contributed by atoms with van der Waals surface area (Å²) >= 11 is 0. The third kappa shape index (κ3) is 6.66. The summed E-state index contributed by atoms with van der Waals surface area (Å²) in [6.07, 6.45) is 1.83. The third-order valence-corrected chi connectivity index (χ3v) is 6.92. The van der Waals surface area contributed by atoms with Gasteiger partial charge >= 0.3 is 0 Å². The van der Waals surface area contributed by atoms with Gasteiger partial charge in [-0.05, 0) is 55.7 Å². The van der Waals surface area contributed by atoms with E-state index in [0.717, 1.165) is 12.1 Å². The number of likely N-dealkylation sites (tertiary alicyclic amines) is 1. The minimum Gasteiger partial charge on any atom is -0.493 e. The number of sulfonamides is 1. The lowest BCUT2D eigenvalue weighted by Gasteiger charge is -2.32. The van der Waals surface area contributed by atoms with Crippen molar-refractivity contribution >= 4 is 15.9 Å². The number of benzene rings is 2. The highest BCUT2D eigenvalue weighted by molar-refractivity contribution is 7.89. The molecule has 1 saturated heterocycles. The molecule has 3 rings (SSSR count). The van der Waals surface area contributed by atoms with Crippen LogP contribution >= 0.6 is 0 Å². The molecule has 8 nitrogen and oxygen atoms in total. The van der Waals surface area contributed by atoms with Crippen LogP contribution in [0.2, 0.25) is 0 Å². The van der Waals surface area contributed by atoms with Crippen LogP contribution in [0.4, 0.5) is 4.39 Å². The van der Waals surface area contributed by atoms with E-state index in [-0.39, 0.29) is 16.8 Å². The summed E-state index contributed by atoms with van der Waals surface area (Å²) in [5, 5.41) is 8.95. The van der Waals surface area contributed by atoms with Gasteiger partial charge in [0.25, 0.3) is 0 Å². The molecule has 0 aromatic heterocycles. The van der Waals surface area contributed by atoms with Crippen molar-refractivity contribution in [3.05, 3.63) is 53.8 Å². The summed E-state index contributed by atoms with van der Waals surface area (Å²) in [6.45, 7) is 1.24. The van der Waals surface area contributed by atoms with E-state index in [1.165, 1.54) is 19.2 Å². The van der Waals surface area contributed by atoms with Crippen LogP contribution in [-0.2, 0) is 14.8 Å². The van der Waals surface area contributed by atoms with Gasteiger partial charge in [0.15, 0.2) is 11.5 Å². The topological polar surface area (TPSA) is 109 Å².